The summed E-state index contributed by atoms with van der Waals surface area (Å²) in [4.78, 5) is 11.2. The Labute approximate surface area is 120 Å². The number of anilines is 1. The van der Waals surface area contributed by atoms with Crippen LogP contribution in [0.2, 0.25) is 0 Å². The van der Waals surface area contributed by atoms with Gasteiger partial charge < -0.3 is 15.0 Å². The van der Waals surface area contributed by atoms with Gasteiger partial charge in [0.15, 0.2) is 0 Å². The van der Waals surface area contributed by atoms with E-state index in [2.05, 4.69) is 26.3 Å². The number of rotatable bonds is 6. The second-order valence-electron chi connectivity index (χ2n) is 5.72. The fraction of sp³-hybridized carbons (Fsp3) is 0.733. The Kier molecular flexibility index (Phi) is 4.82. The Hall–Kier alpha value is -1.20. The summed E-state index contributed by atoms with van der Waals surface area (Å²) in [6, 6.07) is 2.08. The molecule has 1 atom stereocenters. The fourth-order valence-corrected chi connectivity index (χ4v) is 2.99. The molecule has 1 unspecified atom stereocenters. The molecule has 20 heavy (non-hydrogen) atoms. The quantitative estimate of drug-likeness (QED) is 0.804. The summed E-state index contributed by atoms with van der Waals surface area (Å²) in [5.74, 6) is 1.39. The molecule has 0 amide bonds. The second-order valence-corrected chi connectivity index (χ2v) is 5.72. The fourth-order valence-electron chi connectivity index (χ4n) is 2.99. The van der Waals surface area contributed by atoms with E-state index in [1.807, 2.05) is 0 Å². The summed E-state index contributed by atoms with van der Waals surface area (Å²) in [5.41, 5.74) is 1.11. The van der Waals surface area contributed by atoms with Crippen molar-refractivity contribution in [2.24, 2.45) is 0 Å². The van der Waals surface area contributed by atoms with Gasteiger partial charge in [-0.3, -0.25) is 0 Å². The van der Waals surface area contributed by atoms with Crippen LogP contribution in [-0.2, 0) is 4.74 Å². The van der Waals surface area contributed by atoms with Crippen LogP contribution in [0.4, 0.5) is 5.82 Å². The average molecular weight is 276 g/mol. The Balaban J connectivity index is 1.43. The highest BCUT2D eigenvalue weighted by molar-refractivity contribution is 5.35. The van der Waals surface area contributed by atoms with Gasteiger partial charge in [-0.15, -0.1) is 0 Å². The lowest BCUT2D eigenvalue weighted by atomic mass is 10.1. The van der Waals surface area contributed by atoms with Gasteiger partial charge in [0.1, 0.15) is 12.1 Å². The minimum atomic E-state index is 0.447. The van der Waals surface area contributed by atoms with Gasteiger partial charge in [-0.05, 0) is 45.3 Å². The maximum absolute atomic E-state index is 5.42. The van der Waals surface area contributed by atoms with Crippen LogP contribution in [0.15, 0.2) is 12.4 Å². The van der Waals surface area contributed by atoms with Crippen molar-refractivity contribution >= 4 is 5.82 Å². The molecular weight excluding hydrogens is 252 g/mol. The maximum atomic E-state index is 5.42. The van der Waals surface area contributed by atoms with Crippen LogP contribution < -0.4 is 5.32 Å². The predicted molar refractivity (Wildman–Crippen MR) is 79.0 cm³/mol. The molecule has 0 radical (unpaired) electrons. The maximum Gasteiger partial charge on any atom is 0.129 e. The van der Waals surface area contributed by atoms with E-state index in [4.69, 9.17) is 4.74 Å². The van der Waals surface area contributed by atoms with Crippen molar-refractivity contribution in [3.8, 4) is 0 Å². The Morgan fingerprint density at radius 1 is 1.30 bits per heavy atom. The third-order valence-corrected chi connectivity index (χ3v) is 4.19. The van der Waals surface area contributed by atoms with Gasteiger partial charge in [0, 0.05) is 25.1 Å². The molecule has 2 saturated heterocycles. The molecule has 0 aliphatic carbocycles. The van der Waals surface area contributed by atoms with Crippen LogP contribution in [0.25, 0.3) is 0 Å². The van der Waals surface area contributed by atoms with Crippen LogP contribution in [0.1, 0.15) is 37.3 Å². The van der Waals surface area contributed by atoms with Crippen LogP contribution in [0.5, 0.6) is 0 Å². The van der Waals surface area contributed by atoms with Crippen molar-refractivity contribution in [2.75, 3.05) is 44.7 Å². The molecule has 3 heterocycles. The zero-order valence-electron chi connectivity index (χ0n) is 12.1. The smallest absolute Gasteiger partial charge is 0.129 e. The van der Waals surface area contributed by atoms with Crippen molar-refractivity contribution in [3.63, 3.8) is 0 Å². The highest BCUT2D eigenvalue weighted by Crippen LogP contribution is 2.24. The minimum Gasteiger partial charge on any atom is -0.381 e. The third kappa shape index (κ3) is 3.67. The zero-order valence-corrected chi connectivity index (χ0v) is 12.1. The molecule has 2 aliphatic heterocycles. The van der Waals surface area contributed by atoms with Gasteiger partial charge in [-0.2, -0.15) is 0 Å². The van der Waals surface area contributed by atoms with E-state index in [1.165, 1.54) is 38.9 Å². The van der Waals surface area contributed by atoms with Crippen molar-refractivity contribution < 1.29 is 4.74 Å². The van der Waals surface area contributed by atoms with E-state index >= 15 is 0 Å². The largest absolute Gasteiger partial charge is 0.381 e. The number of hydrogen-bond donors (Lipinski definition) is 1. The van der Waals surface area contributed by atoms with Crippen LogP contribution in [-0.4, -0.2) is 54.3 Å². The molecule has 0 aromatic carbocycles. The lowest BCUT2D eigenvalue weighted by Crippen LogP contribution is -2.22. The summed E-state index contributed by atoms with van der Waals surface area (Å²) < 4.78 is 5.42. The average Bonchev–Trinajstić information content (AvgIpc) is 3.17. The van der Waals surface area contributed by atoms with E-state index in [-0.39, 0.29) is 0 Å². The van der Waals surface area contributed by atoms with Crippen molar-refractivity contribution in [1.29, 1.82) is 0 Å². The van der Waals surface area contributed by atoms with Crippen molar-refractivity contribution in [1.82, 2.24) is 14.9 Å². The van der Waals surface area contributed by atoms with Crippen LogP contribution in [0.3, 0.4) is 0 Å². The minimum absolute atomic E-state index is 0.447. The standard InChI is InChI=1S/C15H24N4O/c1-2-7-19(6-1)8-3-5-16-15-10-14(17-12-18-15)13-4-9-20-11-13/h10,12-13H,1-9,11H2,(H,16,17,18). The van der Waals surface area contributed by atoms with E-state index in [1.54, 1.807) is 6.33 Å². The first-order chi connectivity index (χ1) is 9.92. The number of hydrogen-bond acceptors (Lipinski definition) is 5. The van der Waals surface area contributed by atoms with Gasteiger partial charge in [0.05, 0.1) is 12.3 Å². The first-order valence-corrected chi connectivity index (χ1v) is 7.78. The van der Waals surface area contributed by atoms with E-state index in [9.17, 15) is 0 Å². The molecule has 0 bridgehead atoms. The molecule has 1 aromatic heterocycles. The van der Waals surface area contributed by atoms with Crippen molar-refractivity contribution in [3.05, 3.63) is 18.1 Å². The molecule has 0 spiro atoms. The lowest BCUT2D eigenvalue weighted by Gasteiger charge is -2.14. The molecular formula is C15H24N4O. The first-order valence-electron chi connectivity index (χ1n) is 7.78. The van der Waals surface area contributed by atoms with Gasteiger partial charge in [0.25, 0.3) is 0 Å². The Bertz CT molecular complexity index is 414. The predicted octanol–water partition coefficient (Wildman–Crippen LogP) is 1.88. The molecule has 2 fully saturated rings. The summed E-state index contributed by atoms with van der Waals surface area (Å²) in [5, 5.41) is 3.41. The summed E-state index contributed by atoms with van der Waals surface area (Å²) in [6.45, 7) is 6.38. The molecule has 0 saturated carbocycles. The number of nitrogens with one attached hydrogen (secondary N) is 1. The lowest BCUT2D eigenvalue weighted by molar-refractivity contribution is 0.193. The molecule has 3 rings (SSSR count). The van der Waals surface area contributed by atoms with E-state index in [0.717, 1.165) is 37.7 Å². The zero-order chi connectivity index (χ0) is 13.6. The summed E-state index contributed by atoms with van der Waals surface area (Å²) in [7, 11) is 0. The van der Waals surface area contributed by atoms with Gasteiger partial charge in [-0.1, -0.05) is 0 Å². The van der Waals surface area contributed by atoms with Gasteiger partial charge in [0.2, 0.25) is 0 Å². The number of likely N-dealkylation sites (tertiary alicyclic amines) is 1. The van der Waals surface area contributed by atoms with Crippen LogP contribution >= 0.6 is 0 Å². The molecule has 5 nitrogen and oxygen atoms in total. The molecule has 1 N–H and O–H groups in total. The van der Waals surface area contributed by atoms with Crippen molar-refractivity contribution in [2.45, 2.75) is 31.6 Å². The third-order valence-electron chi connectivity index (χ3n) is 4.19. The van der Waals surface area contributed by atoms with Gasteiger partial charge in [-0.25, -0.2) is 9.97 Å². The van der Waals surface area contributed by atoms with E-state index in [0.29, 0.717) is 5.92 Å². The first kappa shape index (κ1) is 13.8. The normalized spacial score (nSPS) is 23.3. The van der Waals surface area contributed by atoms with E-state index < -0.39 is 0 Å². The Morgan fingerprint density at radius 3 is 3.00 bits per heavy atom. The molecule has 2 aliphatic rings. The number of ether oxygens (including phenoxy) is 1. The SMILES string of the molecule is c1nc(NCCCN2CCCC2)cc(C2CCOC2)n1. The topological polar surface area (TPSA) is 50.3 Å². The Morgan fingerprint density at radius 2 is 2.20 bits per heavy atom. The molecule has 5 heteroatoms. The highest BCUT2D eigenvalue weighted by Gasteiger charge is 2.19. The summed E-state index contributed by atoms with van der Waals surface area (Å²) >= 11 is 0. The number of nitrogens with zero attached hydrogens (tertiary/aromatic N) is 3. The van der Waals surface area contributed by atoms with Gasteiger partial charge >= 0.3 is 0 Å². The monoisotopic (exact) mass is 276 g/mol. The molecule has 1 aromatic rings. The highest BCUT2D eigenvalue weighted by atomic mass is 16.5. The summed E-state index contributed by atoms with van der Waals surface area (Å²) in [6.07, 6.45) is 6.64. The second kappa shape index (κ2) is 6.99. The number of aromatic nitrogens is 2. The molecule has 110 valence electrons. The van der Waals surface area contributed by atoms with Crippen LogP contribution in [0, 0.1) is 0 Å².